The van der Waals surface area contributed by atoms with Crippen LogP contribution in [0.15, 0.2) is 59.5 Å². The molecule has 7 heteroatoms. The number of carbonyl (C=O) groups is 1. The third-order valence-electron chi connectivity index (χ3n) is 4.28. The molecular formula is C21H18N4O3. The average molecular weight is 374 g/mol. The Morgan fingerprint density at radius 1 is 1.25 bits per heavy atom. The summed E-state index contributed by atoms with van der Waals surface area (Å²) < 4.78 is 10.8. The van der Waals surface area contributed by atoms with Crippen molar-refractivity contribution in [2.24, 2.45) is 0 Å². The minimum Gasteiger partial charge on any atom is -0.495 e. The van der Waals surface area contributed by atoms with E-state index in [1.807, 2.05) is 30.4 Å². The van der Waals surface area contributed by atoms with Crippen LogP contribution in [0, 0.1) is 0 Å². The molecule has 7 nitrogen and oxygen atoms in total. The average Bonchev–Trinajstić information content (AvgIpc) is 3.40. The molecule has 0 aliphatic carbocycles. The number of H-pyrrole nitrogens is 1. The fourth-order valence-electron chi connectivity index (χ4n) is 2.94. The molecule has 3 heterocycles. The summed E-state index contributed by atoms with van der Waals surface area (Å²) in [5, 5.41) is 10.9. The van der Waals surface area contributed by atoms with Crippen LogP contribution in [0.4, 0.5) is 0 Å². The van der Waals surface area contributed by atoms with Gasteiger partial charge in [-0.3, -0.25) is 14.9 Å². The van der Waals surface area contributed by atoms with E-state index in [1.54, 1.807) is 44.0 Å². The SMILES string of the molecule is COc1c(C(=O)NCc2ccco2)ccc2[nH]nc(/C=C/c3cccnc3)c12. The summed E-state index contributed by atoms with van der Waals surface area (Å²) in [5.74, 6) is 0.893. The molecule has 1 aromatic carbocycles. The van der Waals surface area contributed by atoms with E-state index in [0.29, 0.717) is 29.3 Å². The standard InChI is InChI=1S/C21H18N4O3/c1-27-20-16(21(26)23-13-15-5-3-11-28-15)7-9-18-19(20)17(24-25-18)8-6-14-4-2-10-22-12-14/h2-12H,13H2,1H3,(H,23,26)(H,24,25)/b8-6+. The Kier molecular flexibility index (Phi) is 4.88. The van der Waals surface area contributed by atoms with Crippen LogP contribution in [0.2, 0.25) is 0 Å². The van der Waals surface area contributed by atoms with Gasteiger partial charge >= 0.3 is 0 Å². The Balaban J connectivity index is 1.66. The Labute approximate surface area is 161 Å². The second-order valence-corrected chi connectivity index (χ2v) is 6.06. The number of rotatable bonds is 6. The zero-order valence-electron chi connectivity index (χ0n) is 15.2. The van der Waals surface area contributed by atoms with Crippen molar-refractivity contribution in [1.82, 2.24) is 20.5 Å². The van der Waals surface area contributed by atoms with Gasteiger partial charge in [-0.1, -0.05) is 12.1 Å². The lowest BCUT2D eigenvalue weighted by molar-refractivity contribution is 0.0945. The Morgan fingerprint density at radius 3 is 2.93 bits per heavy atom. The van der Waals surface area contributed by atoms with Crippen LogP contribution in [-0.2, 0) is 6.54 Å². The van der Waals surface area contributed by atoms with Crippen LogP contribution in [0.3, 0.4) is 0 Å². The molecule has 3 aromatic heterocycles. The molecule has 140 valence electrons. The van der Waals surface area contributed by atoms with Gasteiger partial charge in [0.05, 0.1) is 42.1 Å². The number of methoxy groups -OCH3 is 1. The van der Waals surface area contributed by atoms with E-state index in [-0.39, 0.29) is 5.91 Å². The first-order valence-electron chi connectivity index (χ1n) is 8.70. The predicted molar refractivity (Wildman–Crippen MR) is 106 cm³/mol. The van der Waals surface area contributed by atoms with E-state index in [4.69, 9.17) is 9.15 Å². The van der Waals surface area contributed by atoms with Gasteiger partial charge in [-0.05, 0) is 42.0 Å². The zero-order valence-corrected chi connectivity index (χ0v) is 15.2. The molecule has 0 saturated heterocycles. The molecule has 4 aromatic rings. The van der Waals surface area contributed by atoms with Crippen LogP contribution < -0.4 is 10.1 Å². The second kappa shape index (κ2) is 7.79. The third-order valence-corrected chi connectivity index (χ3v) is 4.28. The number of aromatic nitrogens is 3. The fraction of sp³-hybridized carbons (Fsp3) is 0.0952. The van der Waals surface area contributed by atoms with Crippen LogP contribution in [-0.4, -0.2) is 28.2 Å². The largest absolute Gasteiger partial charge is 0.495 e. The summed E-state index contributed by atoms with van der Waals surface area (Å²) in [6.45, 7) is 0.298. The lowest BCUT2D eigenvalue weighted by atomic mass is 10.1. The number of hydrogen-bond acceptors (Lipinski definition) is 5. The van der Waals surface area contributed by atoms with Crippen LogP contribution >= 0.6 is 0 Å². The number of carbonyl (C=O) groups excluding carboxylic acids is 1. The number of ether oxygens (including phenoxy) is 1. The lowest BCUT2D eigenvalue weighted by Crippen LogP contribution is -2.23. The number of aromatic amines is 1. The molecule has 1 amide bonds. The highest BCUT2D eigenvalue weighted by atomic mass is 16.5. The van der Waals surface area contributed by atoms with E-state index in [0.717, 1.165) is 16.5 Å². The maximum Gasteiger partial charge on any atom is 0.255 e. The molecule has 28 heavy (non-hydrogen) atoms. The van der Waals surface area contributed by atoms with Crippen molar-refractivity contribution in [1.29, 1.82) is 0 Å². The highest BCUT2D eigenvalue weighted by molar-refractivity contribution is 6.05. The molecule has 0 unspecified atom stereocenters. The molecule has 0 aliphatic rings. The van der Waals surface area contributed by atoms with Gasteiger partial charge in [0.25, 0.3) is 5.91 Å². The maximum absolute atomic E-state index is 12.7. The van der Waals surface area contributed by atoms with Gasteiger partial charge in [-0.25, -0.2) is 0 Å². The lowest BCUT2D eigenvalue weighted by Gasteiger charge is -2.10. The van der Waals surface area contributed by atoms with Gasteiger partial charge in [0.2, 0.25) is 0 Å². The van der Waals surface area contributed by atoms with Crippen molar-refractivity contribution in [3.63, 3.8) is 0 Å². The highest BCUT2D eigenvalue weighted by Crippen LogP contribution is 2.32. The van der Waals surface area contributed by atoms with Gasteiger partial charge < -0.3 is 14.5 Å². The van der Waals surface area contributed by atoms with Gasteiger partial charge in [0, 0.05) is 12.4 Å². The van der Waals surface area contributed by atoms with E-state index in [2.05, 4.69) is 20.5 Å². The van der Waals surface area contributed by atoms with E-state index >= 15 is 0 Å². The smallest absolute Gasteiger partial charge is 0.255 e. The fourth-order valence-corrected chi connectivity index (χ4v) is 2.94. The number of nitrogens with one attached hydrogen (secondary N) is 2. The van der Waals surface area contributed by atoms with Gasteiger partial charge in [-0.2, -0.15) is 5.10 Å². The topological polar surface area (TPSA) is 93.0 Å². The molecule has 0 radical (unpaired) electrons. The number of nitrogens with zero attached hydrogens (tertiary/aromatic N) is 2. The predicted octanol–water partition coefficient (Wildman–Crippen LogP) is 3.66. The molecule has 0 atom stereocenters. The van der Waals surface area contributed by atoms with Gasteiger partial charge in [0.1, 0.15) is 11.5 Å². The number of furan rings is 1. The van der Waals surface area contributed by atoms with Crippen molar-refractivity contribution < 1.29 is 13.9 Å². The number of benzene rings is 1. The Morgan fingerprint density at radius 2 is 2.18 bits per heavy atom. The van der Waals surface area contributed by atoms with E-state index in [9.17, 15) is 4.79 Å². The van der Waals surface area contributed by atoms with E-state index in [1.165, 1.54) is 0 Å². The minimum atomic E-state index is -0.251. The highest BCUT2D eigenvalue weighted by Gasteiger charge is 2.19. The first-order valence-corrected chi connectivity index (χ1v) is 8.70. The van der Waals surface area contributed by atoms with Gasteiger partial charge in [-0.15, -0.1) is 0 Å². The molecule has 0 spiro atoms. The van der Waals surface area contributed by atoms with Crippen molar-refractivity contribution in [3.05, 3.63) is 77.6 Å². The van der Waals surface area contributed by atoms with Crippen LogP contribution in [0.1, 0.15) is 27.4 Å². The first-order chi connectivity index (χ1) is 13.8. The summed E-state index contributed by atoms with van der Waals surface area (Å²) in [6.07, 6.45) is 8.82. The minimum absolute atomic E-state index is 0.251. The van der Waals surface area contributed by atoms with Gasteiger partial charge in [0.15, 0.2) is 0 Å². The molecule has 0 bridgehead atoms. The normalized spacial score (nSPS) is 11.2. The van der Waals surface area contributed by atoms with Crippen molar-refractivity contribution in [2.75, 3.05) is 7.11 Å². The summed E-state index contributed by atoms with van der Waals surface area (Å²) in [7, 11) is 1.54. The summed E-state index contributed by atoms with van der Waals surface area (Å²) >= 11 is 0. The number of pyridine rings is 1. The van der Waals surface area contributed by atoms with Crippen LogP contribution in [0.5, 0.6) is 5.75 Å². The molecule has 0 saturated carbocycles. The van der Waals surface area contributed by atoms with E-state index < -0.39 is 0 Å². The zero-order chi connectivity index (χ0) is 19.3. The Bertz CT molecular complexity index is 1120. The second-order valence-electron chi connectivity index (χ2n) is 6.06. The summed E-state index contributed by atoms with van der Waals surface area (Å²) in [4.78, 5) is 16.8. The quantitative estimate of drug-likeness (QED) is 0.537. The molecule has 0 aliphatic heterocycles. The number of amides is 1. The van der Waals surface area contributed by atoms with Crippen molar-refractivity contribution in [3.8, 4) is 5.75 Å². The third kappa shape index (κ3) is 3.50. The molecule has 0 fully saturated rings. The molecule has 2 N–H and O–H groups in total. The van der Waals surface area contributed by atoms with Crippen molar-refractivity contribution >= 4 is 29.0 Å². The van der Waals surface area contributed by atoms with Crippen molar-refractivity contribution in [2.45, 2.75) is 6.54 Å². The van der Waals surface area contributed by atoms with Crippen LogP contribution in [0.25, 0.3) is 23.1 Å². The monoisotopic (exact) mass is 374 g/mol. The Hall–Kier alpha value is -3.87. The maximum atomic E-state index is 12.7. The molecular weight excluding hydrogens is 356 g/mol. The summed E-state index contributed by atoms with van der Waals surface area (Å²) in [5.41, 5.74) is 2.84. The number of fused-ring (bicyclic) bond motifs is 1. The number of hydrogen-bond donors (Lipinski definition) is 2. The first kappa shape index (κ1) is 17.5. The summed E-state index contributed by atoms with van der Waals surface area (Å²) in [6, 6.07) is 10.9. The molecule has 4 rings (SSSR count).